The zero-order chi connectivity index (χ0) is 16.6. The van der Waals surface area contributed by atoms with Gasteiger partial charge in [-0.2, -0.15) is 26.7 Å². The first-order chi connectivity index (χ1) is 10.3. The van der Waals surface area contributed by atoms with Crippen LogP contribution in [0.15, 0.2) is 18.3 Å². The SMILES string of the molecule is CC(C)Oc1cc(C[C@H]2CCNC2)ccn1.O=CC(F)(F)F.S. The van der Waals surface area contributed by atoms with Gasteiger partial charge in [-0.1, -0.05) is 0 Å². The van der Waals surface area contributed by atoms with E-state index in [0.29, 0.717) is 0 Å². The second-order valence-electron chi connectivity index (χ2n) is 5.39. The molecule has 0 saturated carbocycles. The number of aromatic nitrogens is 1. The van der Waals surface area contributed by atoms with Gasteiger partial charge in [0.1, 0.15) is 0 Å². The molecule has 0 spiro atoms. The number of alkyl halides is 3. The molecule has 1 N–H and O–H groups in total. The number of rotatable bonds is 4. The fourth-order valence-corrected chi connectivity index (χ4v) is 2.11. The second-order valence-corrected chi connectivity index (χ2v) is 5.39. The molecular weight excluding hydrogens is 329 g/mol. The molecule has 8 heteroatoms. The van der Waals surface area contributed by atoms with Crippen molar-refractivity contribution in [3.63, 3.8) is 0 Å². The number of hydrogen-bond donors (Lipinski definition) is 1. The first-order valence-corrected chi connectivity index (χ1v) is 7.15. The van der Waals surface area contributed by atoms with Crippen LogP contribution in [0.4, 0.5) is 13.2 Å². The van der Waals surface area contributed by atoms with Crippen LogP contribution in [0.5, 0.6) is 5.88 Å². The molecule has 1 aliphatic heterocycles. The molecule has 1 saturated heterocycles. The number of carbonyl (C=O) groups excluding carboxylic acids is 1. The maximum absolute atomic E-state index is 10.4. The van der Waals surface area contributed by atoms with Gasteiger partial charge < -0.3 is 10.1 Å². The Bertz CT molecular complexity index is 464. The van der Waals surface area contributed by atoms with Gasteiger partial charge in [-0.3, -0.25) is 4.79 Å². The van der Waals surface area contributed by atoms with Crippen molar-refractivity contribution in [3.05, 3.63) is 23.9 Å². The van der Waals surface area contributed by atoms with Gasteiger partial charge in [-0.05, 0) is 57.3 Å². The number of nitrogens with zero attached hydrogens (tertiary/aromatic N) is 1. The third-order valence-electron chi connectivity index (χ3n) is 2.98. The van der Waals surface area contributed by atoms with E-state index in [2.05, 4.69) is 22.4 Å². The van der Waals surface area contributed by atoms with Crippen LogP contribution in [-0.2, 0) is 11.2 Å². The summed E-state index contributed by atoms with van der Waals surface area (Å²) in [6.45, 7) is 6.35. The number of carbonyl (C=O) groups is 1. The van der Waals surface area contributed by atoms with Crippen molar-refractivity contribution in [3.8, 4) is 5.88 Å². The largest absolute Gasteiger partial charge is 0.475 e. The van der Waals surface area contributed by atoms with E-state index in [0.717, 1.165) is 31.3 Å². The zero-order valence-electron chi connectivity index (χ0n) is 13.2. The highest BCUT2D eigenvalue weighted by Gasteiger charge is 2.24. The molecule has 132 valence electrons. The Balaban J connectivity index is 0.000000599. The topological polar surface area (TPSA) is 51.2 Å². The molecule has 1 aromatic rings. The maximum atomic E-state index is 10.4. The number of pyridine rings is 1. The molecular formula is C15H23F3N2O2S. The van der Waals surface area contributed by atoms with Gasteiger partial charge in [0.2, 0.25) is 12.2 Å². The number of halogens is 3. The van der Waals surface area contributed by atoms with E-state index in [1.807, 2.05) is 20.0 Å². The normalized spacial score (nSPS) is 17.0. The molecule has 1 aromatic heterocycles. The molecule has 1 atom stereocenters. The molecule has 0 bridgehead atoms. The third-order valence-corrected chi connectivity index (χ3v) is 2.98. The van der Waals surface area contributed by atoms with Crippen LogP contribution in [0.25, 0.3) is 0 Å². The number of aldehydes is 1. The Hall–Kier alpha value is -1.28. The lowest BCUT2D eigenvalue weighted by molar-refractivity contribution is -0.156. The molecule has 4 nitrogen and oxygen atoms in total. The highest BCUT2D eigenvalue weighted by molar-refractivity contribution is 7.59. The summed E-state index contributed by atoms with van der Waals surface area (Å²) in [7, 11) is 0. The Morgan fingerprint density at radius 1 is 1.48 bits per heavy atom. The van der Waals surface area contributed by atoms with Gasteiger partial charge in [0.05, 0.1) is 6.10 Å². The fraction of sp³-hybridized carbons (Fsp3) is 0.600. The van der Waals surface area contributed by atoms with Crippen molar-refractivity contribution in [1.29, 1.82) is 0 Å². The summed E-state index contributed by atoms with van der Waals surface area (Å²) in [5.74, 6) is 1.52. The highest BCUT2D eigenvalue weighted by atomic mass is 32.1. The summed E-state index contributed by atoms with van der Waals surface area (Å²) in [5.41, 5.74) is 1.33. The number of hydrogen-bond acceptors (Lipinski definition) is 4. The predicted octanol–water partition coefficient (Wildman–Crippen LogP) is 2.88. The van der Waals surface area contributed by atoms with Crippen LogP contribution >= 0.6 is 13.5 Å². The van der Waals surface area contributed by atoms with E-state index in [4.69, 9.17) is 9.53 Å². The standard InChI is InChI=1S/C13H20N2O.C2HF3O.H2S/c1-10(2)16-13-8-11(4-6-15-13)7-12-3-5-14-9-12;3-2(4,5)1-6;/h4,6,8,10,12,14H,3,5,7,9H2,1-2H3;1H;1H2/t12-;;/m1../s1. The number of ether oxygens (including phenoxy) is 1. The smallest absolute Gasteiger partial charge is 0.446 e. The average Bonchev–Trinajstić information content (AvgIpc) is 2.91. The second kappa shape index (κ2) is 10.5. The number of nitrogens with one attached hydrogen (secondary N) is 1. The quantitative estimate of drug-likeness (QED) is 0.847. The molecule has 23 heavy (non-hydrogen) atoms. The van der Waals surface area contributed by atoms with E-state index >= 15 is 0 Å². The van der Waals surface area contributed by atoms with Crippen molar-refractivity contribution in [2.45, 2.75) is 39.0 Å². The van der Waals surface area contributed by atoms with E-state index in [1.165, 1.54) is 12.0 Å². The third kappa shape index (κ3) is 10.2. The van der Waals surface area contributed by atoms with Gasteiger partial charge in [-0.25, -0.2) is 4.98 Å². The summed E-state index contributed by atoms with van der Waals surface area (Å²) in [6, 6.07) is 4.16. The molecule has 0 radical (unpaired) electrons. The molecule has 0 aliphatic carbocycles. The Kier molecular flexibility index (Phi) is 9.90. The van der Waals surface area contributed by atoms with Crippen molar-refractivity contribution in [1.82, 2.24) is 10.3 Å². The minimum atomic E-state index is -4.64. The van der Waals surface area contributed by atoms with Crippen LogP contribution < -0.4 is 10.1 Å². The minimum absolute atomic E-state index is 0. The van der Waals surface area contributed by atoms with Crippen molar-refractivity contribution < 1.29 is 22.7 Å². The van der Waals surface area contributed by atoms with Gasteiger partial charge >= 0.3 is 6.18 Å². The van der Waals surface area contributed by atoms with Gasteiger partial charge in [0.25, 0.3) is 0 Å². The molecule has 1 fully saturated rings. The van der Waals surface area contributed by atoms with Gasteiger partial charge in [-0.15, -0.1) is 0 Å². The van der Waals surface area contributed by atoms with E-state index in [1.54, 1.807) is 0 Å². The van der Waals surface area contributed by atoms with E-state index in [9.17, 15) is 13.2 Å². The van der Waals surface area contributed by atoms with E-state index in [-0.39, 0.29) is 19.6 Å². The first kappa shape index (κ1) is 21.7. The molecule has 1 aliphatic rings. The van der Waals surface area contributed by atoms with Crippen LogP contribution in [0, 0.1) is 5.92 Å². The summed E-state index contributed by atoms with van der Waals surface area (Å²) in [4.78, 5) is 12.9. The van der Waals surface area contributed by atoms with Crippen molar-refractivity contribution in [2.75, 3.05) is 13.1 Å². The van der Waals surface area contributed by atoms with Crippen LogP contribution in [-0.4, -0.2) is 36.6 Å². The van der Waals surface area contributed by atoms with Crippen molar-refractivity contribution >= 4 is 19.8 Å². The minimum Gasteiger partial charge on any atom is -0.475 e. The van der Waals surface area contributed by atoms with Crippen LogP contribution in [0.3, 0.4) is 0 Å². The van der Waals surface area contributed by atoms with E-state index < -0.39 is 12.5 Å². The lowest BCUT2D eigenvalue weighted by atomic mass is 9.99. The average molecular weight is 352 g/mol. The molecule has 0 unspecified atom stereocenters. The summed E-state index contributed by atoms with van der Waals surface area (Å²) >= 11 is 0. The monoisotopic (exact) mass is 352 g/mol. The van der Waals surface area contributed by atoms with Crippen LogP contribution in [0.2, 0.25) is 0 Å². The Morgan fingerprint density at radius 3 is 2.61 bits per heavy atom. The summed E-state index contributed by atoms with van der Waals surface area (Å²) in [5, 5.41) is 3.39. The van der Waals surface area contributed by atoms with Gasteiger partial charge in [0, 0.05) is 12.3 Å². The molecule has 2 heterocycles. The summed E-state index contributed by atoms with van der Waals surface area (Å²) in [6.07, 6.45) is -1.26. The highest BCUT2D eigenvalue weighted by Crippen LogP contribution is 2.18. The van der Waals surface area contributed by atoms with Crippen LogP contribution in [0.1, 0.15) is 25.8 Å². The Labute approximate surface area is 141 Å². The molecule has 0 amide bonds. The zero-order valence-corrected chi connectivity index (χ0v) is 14.2. The lowest BCUT2D eigenvalue weighted by Gasteiger charge is -2.11. The predicted molar refractivity (Wildman–Crippen MR) is 87.2 cm³/mol. The molecule has 0 aromatic carbocycles. The fourth-order valence-electron chi connectivity index (χ4n) is 2.11. The lowest BCUT2D eigenvalue weighted by Crippen LogP contribution is -2.11. The van der Waals surface area contributed by atoms with Gasteiger partial charge in [0.15, 0.2) is 0 Å². The maximum Gasteiger partial charge on any atom is 0.446 e. The van der Waals surface area contributed by atoms with Crippen molar-refractivity contribution in [2.24, 2.45) is 5.92 Å². The summed E-state index contributed by atoms with van der Waals surface area (Å²) < 4.78 is 36.8. The Morgan fingerprint density at radius 2 is 2.13 bits per heavy atom. The first-order valence-electron chi connectivity index (χ1n) is 7.15. The molecule has 2 rings (SSSR count).